The van der Waals surface area contributed by atoms with Crippen LogP contribution in [-0.2, 0) is 0 Å². The molecule has 1 aliphatic heterocycles. The van der Waals surface area contributed by atoms with Gasteiger partial charge < -0.3 is 20.0 Å². The largest absolute Gasteiger partial charge is 0.368 e. The van der Waals surface area contributed by atoms with Crippen LogP contribution in [0.15, 0.2) is 28.7 Å². The number of carbonyl (C=O) groups excluding carboxylic acids is 1. The zero-order valence-electron chi connectivity index (χ0n) is 13.4. The molecule has 6 heteroatoms. The average molecular weight is 369 g/mol. The van der Waals surface area contributed by atoms with Crippen LogP contribution in [0.25, 0.3) is 0 Å². The second-order valence-corrected chi connectivity index (χ2v) is 6.75. The summed E-state index contributed by atoms with van der Waals surface area (Å²) in [5.74, 6) is 0. The molecule has 122 valence electrons. The monoisotopic (exact) mass is 368 g/mol. The van der Waals surface area contributed by atoms with Crippen molar-refractivity contribution >= 4 is 27.6 Å². The Hall–Kier alpha value is -1.27. The van der Waals surface area contributed by atoms with E-state index in [1.807, 2.05) is 19.0 Å². The zero-order chi connectivity index (χ0) is 15.9. The smallest absolute Gasteiger partial charge is 0.317 e. The predicted molar refractivity (Wildman–Crippen MR) is 94.5 cm³/mol. The molecule has 0 saturated carbocycles. The summed E-state index contributed by atoms with van der Waals surface area (Å²) in [4.78, 5) is 18.5. The number of piperazine rings is 1. The van der Waals surface area contributed by atoms with Crippen molar-refractivity contribution in [3.05, 3.63) is 28.7 Å². The van der Waals surface area contributed by atoms with Gasteiger partial charge >= 0.3 is 6.03 Å². The molecule has 2 amide bonds. The Bertz CT molecular complexity index is 470. The first-order valence-electron chi connectivity index (χ1n) is 7.74. The molecule has 2 rings (SSSR count). The Morgan fingerprint density at radius 3 is 2.41 bits per heavy atom. The van der Waals surface area contributed by atoms with Crippen LogP contribution in [0.1, 0.15) is 6.42 Å². The van der Waals surface area contributed by atoms with Gasteiger partial charge in [0.2, 0.25) is 0 Å². The van der Waals surface area contributed by atoms with E-state index in [1.165, 1.54) is 5.69 Å². The van der Waals surface area contributed by atoms with Gasteiger partial charge in [-0.3, -0.25) is 0 Å². The lowest BCUT2D eigenvalue weighted by molar-refractivity contribution is 0.194. The standard InChI is InChI=1S/C16H25BrN4O/c1-19(2)9-3-8-18-16(22)21-12-10-20(11-13-21)15-6-4-14(17)5-7-15/h4-7H,3,8-13H2,1-2H3,(H,18,22). The first kappa shape index (κ1) is 17.1. The fourth-order valence-corrected chi connectivity index (χ4v) is 2.79. The molecule has 1 aromatic carbocycles. The predicted octanol–water partition coefficient (Wildman–Crippen LogP) is 2.23. The van der Waals surface area contributed by atoms with Gasteiger partial charge in [0, 0.05) is 42.9 Å². The second-order valence-electron chi connectivity index (χ2n) is 5.84. The topological polar surface area (TPSA) is 38.8 Å². The molecule has 0 atom stereocenters. The third kappa shape index (κ3) is 5.18. The number of nitrogens with one attached hydrogen (secondary N) is 1. The number of nitrogens with zero attached hydrogens (tertiary/aromatic N) is 3. The minimum atomic E-state index is 0.0641. The van der Waals surface area contributed by atoms with Crippen molar-refractivity contribution in [3.8, 4) is 0 Å². The van der Waals surface area contributed by atoms with Gasteiger partial charge in [0.25, 0.3) is 0 Å². The Balaban J connectivity index is 1.72. The van der Waals surface area contributed by atoms with Crippen LogP contribution in [0.5, 0.6) is 0 Å². The van der Waals surface area contributed by atoms with Crippen LogP contribution in [0, 0.1) is 0 Å². The van der Waals surface area contributed by atoms with E-state index in [0.29, 0.717) is 0 Å². The molecule has 0 unspecified atom stereocenters. The van der Waals surface area contributed by atoms with E-state index < -0.39 is 0 Å². The molecule has 0 aliphatic carbocycles. The van der Waals surface area contributed by atoms with E-state index >= 15 is 0 Å². The maximum absolute atomic E-state index is 12.1. The Morgan fingerprint density at radius 2 is 1.82 bits per heavy atom. The van der Waals surface area contributed by atoms with Gasteiger partial charge in [0.1, 0.15) is 0 Å². The molecule has 1 aromatic rings. The highest BCUT2D eigenvalue weighted by atomic mass is 79.9. The Kier molecular flexibility index (Phi) is 6.51. The van der Waals surface area contributed by atoms with Crippen molar-refractivity contribution in [2.45, 2.75) is 6.42 Å². The van der Waals surface area contributed by atoms with Crippen molar-refractivity contribution in [3.63, 3.8) is 0 Å². The molecular formula is C16H25BrN4O. The van der Waals surface area contributed by atoms with Crippen molar-refractivity contribution in [1.29, 1.82) is 0 Å². The quantitative estimate of drug-likeness (QED) is 0.810. The number of hydrogen-bond acceptors (Lipinski definition) is 3. The molecule has 0 radical (unpaired) electrons. The molecule has 0 aromatic heterocycles. The van der Waals surface area contributed by atoms with E-state index in [1.54, 1.807) is 0 Å². The average Bonchev–Trinajstić information content (AvgIpc) is 2.52. The minimum Gasteiger partial charge on any atom is -0.368 e. The van der Waals surface area contributed by atoms with Gasteiger partial charge in [-0.2, -0.15) is 0 Å². The van der Waals surface area contributed by atoms with Gasteiger partial charge in [-0.05, 0) is 51.3 Å². The van der Waals surface area contributed by atoms with E-state index in [4.69, 9.17) is 0 Å². The Morgan fingerprint density at radius 1 is 1.18 bits per heavy atom. The lowest BCUT2D eigenvalue weighted by atomic mass is 10.2. The molecular weight excluding hydrogens is 344 g/mol. The molecule has 0 bridgehead atoms. The van der Waals surface area contributed by atoms with E-state index in [2.05, 4.69) is 55.3 Å². The first-order valence-corrected chi connectivity index (χ1v) is 8.53. The first-order chi connectivity index (χ1) is 10.6. The molecule has 1 N–H and O–H groups in total. The summed E-state index contributed by atoms with van der Waals surface area (Å²) in [5.41, 5.74) is 1.22. The van der Waals surface area contributed by atoms with Gasteiger partial charge in [-0.25, -0.2) is 4.79 Å². The number of hydrogen-bond donors (Lipinski definition) is 1. The molecule has 22 heavy (non-hydrogen) atoms. The Labute approximate surface area is 141 Å². The van der Waals surface area contributed by atoms with Crippen LogP contribution in [0.4, 0.5) is 10.5 Å². The summed E-state index contributed by atoms with van der Waals surface area (Å²) in [6.45, 7) is 5.05. The third-order valence-electron chi connectivity index (χ3n) is 3.82. The highest BCUT2D eigenvalue weighted by Gasteiger charge is 2.20. The number of amides is 2. The maximum atomic E-state index is 12.1. The maximum Gasteiger partial charge on any atom is 0.317 e. The molecule has 0 spiro atoms. The summed E-state index contributed by atoms with van der Waals surface area (Å²) in [6.07, 6.45) is 0.984. The number of carbonyl (C=O) groups is 1. The number of anilines is 1. The summed E-state index contributed by atoms with van der Waals surface area (Å²) >= 11 is 3.45. The van der Waals surface area contributed by atoms with Gasteiger partial charge in [-0.15, -0.1) is 0 Å². The summed E-state index contributed by atoms with van der Waals surface area (Å²) in [7, 11) is 4.09. The SMILES string of the molecule is CN(C)CCCNC(=O)N1CCN(c2ccc(Br)cc2)CC1. The summed E-state index contributed by atoms with van der Waals surface area (Å²) < 4.78 is 1.09. The van der Waals surface area contributed by atoms with Crippen LogP contribution >= 0.6 is 15.9 Å². The lowest BCUT2D eigenvalue weighted by Gasteiger charge is -2.36. The number of halogens is 1. The van der Waals surface area contributed by atoms with E-state index in [9.17, 15) is 4.79 Å². The fourth-order valence-electron chi connectivity index (χ4n) is 2.52. The number of rotatable bonds is 5. The van der Waals surface area contributed by atoms with Crippen molar-refractivity contribution in [2.24, 2.45) is 0 Å². The molecule has 1 heterocycles. The van der Waals surface area contributed by atoms with Crippen LogP contribution in [-0.4, -0.2) is 69.2 Å². The normalized spacial score (nSPS) is 15.3. The van der Waals surface area contributed by atoms with Crippen LogP contribution < -0.4 is 10.2 Å². The highest BCUT2D eigenvalue weighted by molar-refractivity contribution is 9.10. The molecule has 1 fully saturated rings. The van der Waals surface area contributed by atoms with Gasteiger partial charge in [-0.1, -0.05) is 15.9 Å². The van der Waals surface area contributed by atoms with Crippen molar-refractivity contribution in [2.75, 3.05) is 58.3 Å². The summed E-state index contributed by atoms with van der Waals surface area (Å²) in [6, 6.07) is 8.40. The second kappa shape index (κ2) is 8.39. The van der Waals surface area contributed by atoms with Crippen LogP contribution in [0.2, 0.25) is 0 Å². The third-order valence-corrected chi connectivity index (χ3v) is 4.35. The highest BCUT2D eigenvalue weighted by Crippen LogP contribution is 2.19. The summed E-state index contributed by atoms with van der Waals surface area (Å²) in [5, 5.41) is 3.01. The van der Waals surface area contributed by atoms with Crippen LogP contribution in [0.3, 0.4) is 0 Å². The van der Waals surface area contributed by atoms with E-state index in [-0.39, 0.29) is 6.03 Å². The zero-order valence-corrected chi connectivity index (χ0v) is 15.0. The van der Waals surface area contributed by atoms with Crippen molar-refractivity contribution < 1.29 is 4.79 Å². The number of benzene rings is 1. The molecule has 1 saturated heterocycles. The minimum absolute atomic E-state index is 0.0641. The lowest BCUT2D eigenvalue weighted by Crippen LogP contribution is -2.52. The molecule has 5 nitrogen and oxygen atoms in total. The van der Waals surface area contributed by atoms with Gasteiger partial charge in [0.05, 0.1) is 0 Å². The van der Waals surface area contributed by atoms with Gasteiger partial charge in [0.15, 0.2) is 0 Å². The van der Waals surface area contributed by atoms with E-state index in [0.717, 1.165) is 50.2 Å². The molecule has 1 aliphatic rings. The van der Waals surface area contributed by atoms with Crippen molar-refractivity contribution in [1.82, 2.24) is 15.1 Å². The fraction of sp³-hybridized carbons (Fsp3) is 0.562. The number of urea groups is 1.